The van der Waals surface area contributed by atoms with E-state index in [0.29, 0.717) is 17.4 Å². The van der Waals surface area contributed by atoms with Gasteiger partial charge in [0.05, 0.1) is 40.3 Å². The van der Waals surface area contributed by atoms with Crippen molar-refractivity contribution in [3.05, 3.63) is 85.1 Å². The van der Waals surface area contributed by atoms with Crippen LogP contribution in [0.25, 0.3) is 0 Å². The van der Waals surface area contributed by atoms with Gasteiger partial charge in [0.15, 0.2) is 12.4 Å². The van der Waals surface area contributed by atoms with Crippen LogP contribution in [0.5, 0.6) is 0 Å². The van der Waals surface area contributed by atoms with Crippen LogP contribution in [0.1, 0.15) is 258 Å². The summed E-state index contributed by atoms with van der Waals surface area (Å²) >= 11 is 0. The molecule has 432 valence electrons. The number of ether oxygens (including phenoxy) is 4. The SMILES string of the molecule is CC/C=C\C/C=C\C/C=C\C/C=C\CCCCCCCCCCCCC(=O)OC(COC(=O)CCCCCCCCCCCCCC/C=C\C/C=C\C/C=C\CCCCCCC)COC(OCC[N+](C)(C)C)C(=O)[O-]. The van der Waals surface area contributed by atoms with Gasteiger partial charge in [0.2, 0.25) is 0 Å². The van der Waals surface area contributed by atoms with E-state index < -0.39 is 24.3 Å². The number of likely N-dealkylation sites (N-methyl/N-ethyl adjacent to an activating group) is 1. The summed E-state index contributed by atoms with van der Waals surface area (Å²) in [6.07, 6.45) is 72.0. The third kappa shape index (κ3) is 58.0. The number of aliphatic carboxylic acids is 1. The topological polar surface area (TPSA) is 111 Å². The first kappa shape index (κ1) is 71.5. The van der Waals surface area contributed by atoms with Gasteiger partial charge in [0, 0.05) is 12.8 Å². The Hall–Kier alpha value is -3.53. The fraction of sp³-hybridized carbons (Fsp3) is 0.742. The van der Waals surface area contributed by atoms with E-state index in [2.05, 4.69) is 98.9 Å². The third-order valence-corrected chi connectivity index (χ3v) is 13.1. The van der Waals surface area contributed by atoms with Crippen molar-refractivity contribution in [2.45, 2.75) is 270 Å². The van der Waals surface area contributed by atoms with E-state index in [9.17, 15) is 19.5 Å². The number of quaternary nitrogens is 1. The molecule has 9 heteroatoms. The first-order valence-electron chi connectivity index (χ1n) is 30.7. The van der Waals surface area contributed by atoms with Crippen molar-refractivity contribution < 1.29 is 42.9 Å². The van der Waals surface area contributed by atoms with Crippen molar-refractivity contribution >= 4 is 17.9 Å². The number of esters is 2. The summed E-state index contributed by atoms with van der Waals surface area (Å²) in [4.78, 5) is 37.4. The highest BCUT2D eigenvalue weighted by atomic mass is 16.7. The van der Waals surface area contributed by atoms with Gasteiger partial charge in [-0.1, -0.05) is 240 Å². The monoisotopic (exact) mass is 1050 g/mol. The molecule has 0 amide bonds. The summed E-state index contributed by atoms with van der Waals surface area (Å²) in [6.45, 7) is 4.63. The zero-order valence-corrected chi connectivity index (χ0v) is 49.1. The molecular weight excluding hydrogens is 935 g/mol. The first-order chi connectivity index (χ1) is 36.6. The van der Waals surface area contributed by atoms with Gasteiger partial charge in [-0.05, 0) is 89.9 Å². The van der Waals surface area contributed by atoms with Crippen LogP contribution < -0.4 is 5.11 Å². The van der Waals surface area contributed by atoms with Gasteiger partial charge in [-0.15, -0.1) is 0 Å². The fourth-order valence-electron chi connectivity index (χ4n) is 8.42. The molecule has 0 spiro atoms. The minimum atomic E-state index is -1.63. The van der Waals surface area contributed by atoms with Crippen molar-refractivity contribution in [2.75, 3.05) is 47.5 Å². The first-order valence-corrected chi connectivity index (χ1v) is 30.7. The molecule has 2 atom stereocenters. The smallest absolute Gasteiger partial charge is 0.306 e. The van der Waals surface area contributed by atoms with Crippen LogP contribution in [0, 0.1) is 0 Å². The summed E-state index contributed by atoms with van der Waals surface area (Å²) in [7, 11) is 5.92. The summed E-state index contributed by atoms with van der Waals surface area (Å²) in [5.74, 6) is -2.29. The number of unbranched alkanes of at least 4 members (excludes halogenated alkanes) is 27. The van der Waals surface area contributed by atoms with Gasteiger partial charge in [-0.25, -0.2) is 0 Å². The number of rotatable bonds is 56. The van der Waals surface area contributed by atoms with Gasteiger partial charge in [0.1, 0.15) is 13.2 Å². The maximum atomic E-state index is 12.9. The Labute approximate surface area is 461 Å². The number of carbonyl (C=O) groups is 3. The zero-order valence-electron chi connectivity index (χ0n) is 49.1. The van der Waals surface area contributed by atoms with Gasteiger partial charge in [-0.3, -0.25) is 9.59 Å². The van der Waals surface area contributed by atoms with Crippen molar-refractivity contribution in [3.63, 3.8) is 0 Å². The molecule has 0 aromatic heterocycles. The van der Waals surface area contributed by atoms with Crippen molar-refractivity contribution in [1.29, 1.82) is 0 Å². The van der Waals surface area contributed by atoms with E-state index in [0.717, 1.165) is 83.5 Å². The predicted molar refractivity (Wildman–Crippen MR) is 315 cm³/mol. The fourth-order valence-corrected chi connectivity index (χ4v) is 8.42. The molecule has 0 aromatic rings. The van der Waals surface area contributed by atoms with Gasteiger partial charge in [-0.2, -0.15) is 0 Å². The Bertz CT molecular complexity index is 1500. The highest BCUT2D eigenvalue weighted by Crippen LogP contribution is 2.16. The van der Waals surface area contributed by atoms with E-state index in [1.165, 1.54) is 141 Å². The molecule has 0 fully saturated rings. The number of carboxylic acids is 1. The van der Waals surface area contributed by atoms with E-state index in [-0.39, 0.29) is 38.6 Å². The molecular formula is C66H115NO8. The molecule has 0 radical (unpaired) electrons. The molecule has 0 aliphatic rings. The van der Waals surface area contributed by atoms with Crippen LogP contribution in [-0.4, -0.2) is 82.3 Å². The Morgan fingerprint density at radius 3 is 1.13 bits per heavy atom. The molecule has 9 nitrogen and oxygen atoms in total. The lowest BCUT2D eigenvalue weighted by Crippen LogP contribution is -2.44. The maximum Gasteiger partial charge on any atom is 0.306 e. The molecule has 0 saturated carbocycles. The largest absolute Gasteiger partial charge is 0.545 e. The zero-order chi connectivity index (χ0) is 54.8. The van der Waals surface area contributed by atoms with Gasteiger partial charge >= 0.3 is 11.9 Å². The quantitative estimate of drug-likeness (QED) is 0.0195. The molecule has 0 aromatic carbocycles. The second kappa shape index (κ2) is 56.7. The number of carboxylic acid groups (broad SMARTS) is 1. The third-order valence-electron chi connectivity index (χ3n) is 13.1. The van der Waals surface area contributed by atoms with Crippen LogP contribution in [0.3, 0.4) is 0 Å². The second-order valence-electron chi connectivity index (χ2n) is 21.6. The van der Waals surface area contributed by atoms with Gasteiger partial charge < -0.3 is 33.3 Å². The van der Waals surface area contributed by atoms with E-state index in [1.807, 2.05) is 21.1 Å². The summed E-state index contributed by atoms with van der Waals surface area (Å²) in [5.41, 5.74) is 0. The average Bonchev–Trinajstić information content (AvgIpc) is 3.38. The van der Waals surface area contributed by atoms with Crippen LogP contribution in [-0.2, 0) is 33.3 Å². The molecule has 0 bridgehead atoms. The lowest BCUT2D eigenvalue weighted by atomic mass is 10.0. The molecule has 0 aliphatic heterocycles. The molecule has 0 aliphatic carbocycles. The molecule has 0 saturated heterocycles. The number of nitrogens with zero attached hydrogens (tertiary/aromatic N) is 1. The Morgan fingerprint density at radius 1 is 0.413 bits per heavy atom. The number of allylic oxidation sites excluding steroid dienone is 14. The average molecular weight is 1050 g/mol. The summed E-state index contributed by atoms with van der Waals surface area (Å²) < 4.78 is 22.7. The Morgan fingerprint density at radius 2 is 0.760 bits per heavy atom. The maximum absolute atomic E-state index is 12.9. The highest BCUT2D eigenvalue weighted by Gasteiger charge is 2.22. The minimum absolute atomic E-state index is 0.143. The Balaban J connectivity index is 4.22. The Kier molecular flexibility index (Phi) is 54.0. The minimum Gasteiger partial charge on any atom is -0.545 e. The van der Waals surface area contributed by atoms with Crippen molar-refractivity contribution in [3.8, 4) is 0 Å². The second-order valence-corrected chi connectivity index (χ2v) is 21.6. The number of hydrogen-bond acceptors (Lipinski definition) is 8. The van der Waals surface area contributed by atoms with Crippen LogP contribution >= 0.6 is 0 Å². The molecule has 0 heterocycles. The van der Waals surface area contributed by atoms with Crippen molar-refractivity contribution in [2.24, 2.45) is 0 Å². The molecule has 0 rings (SSSR count). The van der Waals surface area contributed by atoms with Crippen molar-refractivity contribution in [1.82, 2.24) is 0 Å². The summed E-state index contributed by atoms with van der Waals surface area (Å²) in [5, 5.41) is 11.8. The van der Waals surface area contributed by atoms with Crippen LogP contribution in [0.15, 0.2) is 85.1 Å². The molecule has 75 heavy (non-hydrogen) atoms. The van der Waals surface area contributed by atoms with Crippen LogP contribution in [0.4, 0.5) is 0 Å². The molecule has 2 unspecified atom stereocenters. The van der Waals surface area contributed by atoms with Crippen LogP contribution in [0.2, 0.25) is 0 Å². The van der Waals surface area contributed by atoms with E-state index in [4.69, 9.17) is 18.9 Å². The standard InChI is InChI=1S/C66H115NO8/c1-6-8-10-12-14-16-18-20-22-24-26-28-30-31-32-33-35-36-38-40-42-44-46-48-50-52-54-56-63(68)73-60-62(61-74-66(65(70)71)72-59-58-67(3,4)5)75-64(69)57-55-53-51-49-47-45-43-41-39-37-34-29-27-25-23-21-19-17-15-13-11-9-7-2/h9,11,15,17-18,20-21,23-24,26-27,29-31,62,66H,6-8,10,12-14,16,19,22,25,28,32-61H2,1-5H3/b11-9-,17-15-,20-18-,23-21-,26-24-,29-27-,31-30-. The van der Waals surface area contributed by atoms with Gasteiger partial charge in [0.25, 0.3) is 0 Å². The number of hydrogen-bond donors (Lipinski definition) is 0. The lowest BCUT2D eigenvalue weighted by molar-refractivity contribution is -0.870. The molecule has 0 N–H and O–H groups in total. The van der Waals surface area contributed by atoms with E-state index >= 15 is 0 Å². The predicted octanol–water partition coefficient (Wildman–Crippen LogP) is 17.0. The number of carbonyl (C=O) groups excluding carboxylic acids is 3. The van der Waals surface area contributed by atoms with E-state index in [1.54, 1.807) is 0 Å². The summed E-state index contributed by atoms with van der Waals surface area (Å²) in [6, 6.07) is 0. The lowest BCUT2D eigenvalue weighted by Gasteiger charge is -2.26. The normalized spacial score (nSPS) is 13.3. The highest BCUT2D eigenvalue weighted by molar-refractivity contribution is 5.70.